The fraction of sp³-hybridized carbons (Fsp3) is 0.333. The van der Waals surface area contributed by atoms with Crippen LogP contribution in [0.4, 0.5) is 0 Å². The maximum atomic E-state index is 13.4. The molecule has 164 valence electrons. The number of ether oxygens (including phenoxy) is 2. The van der Waals surface area contributed by atoms with Gasteiger partial charge in [-0.05, 0) is 35.7 Å². The van der Waals surface area contributed by atoms with Gasteiger partial charge in [-0.3, -0.25) is 9.59 Å². The molecule has 6 rings (SSSR count). The summed E-state index contributed by atoms with van der Waals surface area (Å²) in [6.07, 6.45) is 0.913. The first-order valence-electron chi connectivity index (χ1n) is 10.9. The number of aromatic amines is 1. The van der Waals surface area contributed by atoms with E-state index in [1.165, 1.54) is 0 Å². The largest absolute Gasteiger partial charge is 0.454 e. The van der Waals surface area contributed by atoms with Gasteiger partial charge in [0.25, 0.3) is 0 Å². The molecule has 32 heavy (non-hydrogen) atoms. The van der Waals surface area contributed by atoms with Crippen molar-refractivity contribution in [3.63, 3.8) is 0 Å². The van der Waals surface area contributed by atoms with E-state index in [-0.39, 0.29) is 31.8 Å². The third kappa shape index (κ3) is 2.79. The average molecular weight is 433 g/mol. The van der Waals surface area contributed by atoms with Gasteiger partial charge in [-0.1, -0.05) is 24.3 Å². The number of amides is 2. The van der Waals surface area contributed by atoms with Crippen LogP contribution in [0.3, 0.4) is 0 Å². The highest BCUT2D eigenvalue weighted by Crippen LogP contribution is 2.44. The number of piperazine rings is 1. The molecule has 0 aliphatic carbocycles. The van der Waals surface area contributed by atoms with Crippen LogP contribution >= 0.6 is 0 Å². The van der Waals surface area contributed by atoms with E-state index in [0.29, 0.717) is 30.9 Å². The number of rotatable bonds is 4. The number of nitrogens with one attached hydrogen (secondary N) is 1. The van der Waals surface area contributed by atoms with Crippen LogP contribution < -0.4 is 9.47 Å². The summed E-state index contributed by atoms with van der Waals surface area (Å²) in [6.45, 7) is 0.552. The van der Waals surface area contributed by atoms with E-state index in [1.807, 2.05) is 36.4 Å². The van der Waals surface area contributed by atoms with Crippen molar-refractivity contribution >= 4 is 22.7 Å². The molecule has 3 aliphatic heterocycles. The van der Waals surface area contributed by atoms with Crippen molar-refractivity contribution in [1.82, 2.24) is 14.8 Å². The Morgan fingerprint density at radius 3 is 2.81 bits per heavy atom. The number of H-pyrrole nitrogens is 1. The van der Waals surface area contributed by atoms with Gasteiger partial charge in [0, 0.05) is 36.2 Å². The summed E-state index contributed by atoms with van der Waals surface area (Å²) < 4.78 is 11.1. The second-order valence-electron chi connectivity index (χ2n) is 8.44. The zero-order valence-electron chi connectivity index (χ0n) is 17.4. The topological polar surface area (TPSA) is 95.1 Å². The van der Waals surface area contributed by atoms with Gasteiger partial charge in [-0.25, -0.2) is 0 Å². The van der Waals surface area contributed by atoms with Crippen molar-refractivity contribution < 1.29 is 24.2 Å². The highest BCUT2D eigenvalue weighted by atomic mass is 16.7. The molecule has 2 N–H and O–H groups in total. The molecule has 8 heteroatoms. The fourth-order valence-corrected chi connectivity index (χ4v) is 5.20. The smallest absolute Gasteiger partial charge is 0.246 e. The van der Waals surface area contributed by atoms with Gasteiger partial charge < -0.3 is 29.4 Å². The molecule has 0 saturated carbocycles. The second kappa shape index (κ2) is 7.27. The Labute approximate surface area is 184 Å². The molecule has 1 saturated heterocycles. The molecule has 2 amide bonds. The standard InChI is InChI=1S/C24H23N3O5/c28-9-3-8-26-12-21(29)27-18(24(26)30)11-16-15-4-1-2-5-17(15)25-22(16)23(27)14-6-7-19-20(10-14)32-13-31-19/h1-2,4-7,10,18,23,25,28H,3,8-9,11-13H2/t18-,23-/m1/s1. The number of aliphatic hydroxyl groups is 1. The van der Waals surface area contributed by atoms with Gasteiger partial charge >= 0.3 is 0 Å². The number of aliphatic hydroxyl groups excluding tert-OH is 1. The van der Waals surface area contributed by atoms with Gasteiger partial charge in [0.05, 0.1) is 12.6 Å². The number of aromatic nitrogens is 1. The number of hydrogen-bond acceptors (Lipinski definition) is 5. The third-order valence-electron chi connectivity index (χ3n) is 6.64. The second-order valence-corrected chi connectivity index (χ2v) is 8.44. The Morgan fingerprint density at radius 1 is 1.09 bits per heavy atom. The quantitative estimate of drug-likeness (QED) is 0.656. The van der Waals surface area contributed by atoms with Crippen molar-refractivity contribution in [3.05, 3.63) is 59.3 Å². The van der Waals surface area contributed by atoms with E-state index in [0.717, 1.165) is 27.7 Å². The molecule has 0 unspecified atom stereocenters. The predicted octanol–water partition coefficient (Wildman–Crippen LogP) is 1.96. The molecule has 3 aliphatic rings. The van der Waals surface area contributed by atoms with Crippen LogP contribution in [0.1, 0.15) is 29.3 Å². The summed E-state index contributed by atoms with van der Waals surface area (Å²) in [6, 6.07) is 12.7. The number of nitrogens with zero attached hydrogens (tertiary/aromatic N) is 2. The van der Waals surface area contributed by atoms with Crippen LogP contribution in [0.2, 0.25) is 0 Å². The zero-order valence-corrected chi connectivity index (χ0v) is 17.4. The van der Waals surface area contributed by atoms with Crippen LogP contribution in [0.25, 0.3) is 10.9 Å². The first kappa shape index (κ1) is 19.2. The van der Waals surface area contributed by atoms with E-state index in [4.69, 9.17) is 9.47 Å². The summed E-state index contributed by atoms with van der Waals surface area (Å²) in [5.74, 6) is 1.15. The van der Waals surface area contributed by atoms with Crippen LogP contribution in [0, 0.1) is 0 Å². The molecule has 1 fully saturated rings. The molecule has 2 aromatic carbocycles. The Morgan fingerprint density at radius 2 is 1.94 bits per heavy atom. The molecule has 0 spiro atoms. The molecule has 1 aromatic heterocycles. The lowest BCUT2D eigenvalue weighted by Gasteiger charge is -2.47. The first-order valence-corrected chi connectivity index (χ1v) is 10.9. The van der Waals surface area contributed by atoms with Crippen LogP contribution in [0.5, 0.6) is 11.5 Å². The van der Waals surface area contributed by atoms with Crippen molar-refractivity contribution in [3.8, 4) is 11.5 Å². The highest BCUT2D eigenvalue weighted by Gasteiger charge is 2.48. The van der Waals surface area contributed by atoms with Crippen molar-refractivity contribution in [2.45, 2.75) is 24.9 Å². The monoisotopic (exact) mass is 433 g/mol. The lowest BCUT2D eigenvalue weighted by molar-refractivity contribution is -0.158. The molecule has 2 atom stereocenters. The Hall–Kier alpha value is -3.52. The van der Waals surface area contributed by atoms with E-state index in [1.54, 1.807) is 9.80 Å². The van der Waals surface area contributed by atoms with Gasteiger partial charge in [-0.15, -0.1) is 0 Å². The minimum absolute atomic E-state index is 0.0151. The van der Waals surface area contributed by atoms with Crippen molar-refractivity contribution in [1.29, 1.82) is 0 Å². The third-order valence-corrected chi connectivity index (χ3v) is 6.64. The van der Waals surface area contributed by atoms with E-state index in [9.17, 15) is 14.7 Å². The van der Waals surface area contributed by atoms with Gasteiger partial charge in [0.15, 0.2) is 11.5 Å². The molecule has 8 nitrogen and oxygen atoms in total. The summed E-state index contributed by atoms with van der Waals surface area (Å²) in [5, 5.41) is 10.3. The Kier molecular flexibility index (Phi) is 4.36. The minimum atomic E-state index is -0.586. The number of carbonyl (C=O) groups is 2. The van der Waals surface area contributed by atoms with E-state index < -0.39 is 12.1 Å². The molecular weight excluding hydrogens is 410 g/mol. The van der Waals surface area contributed by atoms with Gasteiger partial charge in [0.1, 0.15) is 6.04 Å². The number of benzene rings is 2. The summed E-state index contributed by atoms with van der Waals surface area (Å²) in [5.41, 5.74) is 3.86. The molecular formula is C24H23N3O5. The van der Waals surface area contributed by atoms with E-state index in [2.05, 4.69) is 11.1 Å². The normalized spacial score (nSPS) is 21.8. The predicted molar refractivity (Wildman–Crippen MR) is 115 cm³/mol. The number of carbonyl (C=O) groups excluding carboxylic acids is 2. The maximum absolute atomic E-state index is 13.4. The fourth-order valence-electron chi connectivity index (χ4n) is 5.20. The average Bonchev–Trinajstić information content (AvgIpc) is 3.43. The summed E-state index contributed by atoms with van der Waals surface area (Å²) >= 11 is 0. The minimum Gasteiger partial charge on any atom is -0.454 e. The molecule has 0 bridgehead atoms. The maximum Gasteiger partial charge on any atom is 0.246 e. The first-order chi connectivity index (χ1) is 15.7. The lowest BCUT2D eigenvalue weighted by atomic mass is 9.86. The lowest BCUT2D eigenvalue weighted by Crippen LogP contribution is -2.63. The molecule has 4 heterocycles. The number of hydrogen-bond donors (Lipinski definition) is 2. The number of fused-ring (bicyclic) bond motifs is 5. The van der Waals surface area contributed by atoms with Crippen molar-refractivity contribution in [2.75, 3.05) is 26.5 Å². The number of para-hydroxylation sites is 1. The van der Waals surface area contributed by atoms with E-state index >= 15 is 0 Å². The Bertz CT molecular complexity index is 1240. The SMILES string of the molecule is O=C1[C@H]2Cc3c([nH]c4ccccc34)[C@@H](c3ccc4c(c3)OCO4)N2C(=O)CN1CCCO. The van der Waals surface area contributed by atoms with Gasteiger partial charge in [-0.2, -0.15) is 0 Å². The summed E-state index contributed by atoms with van der Waals surface area (Å²) in [4.78, 5) is 33.7. The Balaban J connectivity index is 1.51. The van der Waals surface area contributed by atoms with Crippen LogP contribution in [-0.4, -0.2) is 64.2 Å². The zero-order chi connectivity index (χ0) is 21.8. The van der Waals surface area contributed by atoms with Crippen LogP contribution in [-0.2, 0) is 16.0 Å². The van der Waals surface area contributed by atoms with Gasteiger partial charge in [0.2, 0.25) is 18.6 Å². The summed E-state index contributed by atoms with van der Waals surface area (Å²) in [7, 11) is 0. The van der Waals surface area contributed by atoms with Crippen LogP contribution in [0.15, 0.2) is 42.5 Å². The molecule has 3 aromatic rings. The van der Waals surface area contributed by atoms with Crippen molar-refractivity contribution in [2.24, 2.45) is 0 Å². The highest BCUT2D eigenvalue weighted by molar-refractivity contribution is 5.97. The molecule has 0 radical (unpaired) electrons.